The van der Waals surface area contributed by atoms with Crippen molar-refractivity contribution in [2.45, 2.75) is 25.8 Å². The molecule has 0 radical (unpaired) electrons. The van der Waals surface area contributed by atoms with Crippen molar-refractivity contribution in [1.82, 2.24) is 10.3 Å². The lowest BCUT2D eigenvalue weighted by Gasteiger charge is -2.17. The van der Waals surface area contributed by atoms with Gasteiger partial charge in [0.15, 0.2) is 5.13 Å². The van der Waals surface area contributed by atoms with E-state index in [1.807, 2.05) is 60.0 Å². The fourth-order valence-electron chi connectivity index (χ4n) is 2.86. The summed E-state index contributed by atoms with van der Waals surface area (Å²) in [7, 11) is 1.26. The van der Waals surface area contributed by atoms with E-state index in [1.54, 1.807) is 0 Å². The van der Waals surface area contributed by atoms with E-state index >= 15 is 0 Å². The molecular weight excluding hydrogens is 414 g/mol. The summed E-state index contributed by atoms with van der Waals surface area (Å²) in [6, 6.07) is 16.3. The van der Waals surface area contributed by atoms with Crippen LogP contribution in [0.2, 0.25) is 0 Å². The van der Waals surface area contributed by atoms with Crippen molar-refractivity contribution in [2.75, 3.05) is 19.0 Å². The molecule has 8 heteroatoms. The molecule has 0 aliphatic carbocycles. The summed E-state index contributed by atoms with van der Waals surface area (Å²) in [6.45, 7) is 2.74. The van der Waals surface area contributed by atoms with Gasteiger partial charge in [-0.3, -0.25) is 4.79 Å². The minimum Gasteiger partial charge on any atom is -0.494 e. The van der Waals surface area contributed by atoms with Gasteiger partial charge in [-0.15, -0.1) is 11.3 Å². The fraction of sp³-hybridized carbons (Fsp3) is 0.261. The Kier molecular flexibility index (Phi) is 8.00. The van der Waals surface area contributed by atoms with Crippen LogP contribution >= 0.6 is 11.3 Å². The quantitative estimate of drug-likeness (QED) is 0.512. The normalized spacial score (nSPS) is 11.4. The van der Waals surface area contributed by atoms with Crippen LogP contribution in [0.15, 0.2) is 60.0 Å². The molecule has 0 saturated carbocycles. The molecule has 2 aromatic carbocycles. The maximum atomic E-state index is 12.8. The van der Waals surface area contributed by atoms with Crippen LogP contribution in [0.5, 0.6) is 5.75 Å². The zero-order valence-corrected chi connectivity index (χ0v) is 18.3. The summed E-state index contributed by atoms with van der Waals surface area (Å²) >= 11 is 1.32. The second-order valence-corrected chi connectivity index (χ2v) is 7.64. The highest BCUT2D eigenvalue weighted by molar-refractivity contribution is 7.14. The number of carbonyl (C=O) groups is 2. The average molecular weight is 440 g/mol. The van der Waals surface area contributed by atoms with Crippen molar-refractivity contribution in [3.63, 3.8) is 0 Å². The number of rotatable bonds is 9. The average Bonchev–Trinajstić information content (AvgIpc) is 3.26. The van der Waals surface area contributed by atoms with E-state index in [-0.39, 0.29) is 5.91 Å². The molecular formula is C23H25N3O4S. The predicted molar refractivity (Wildman–Crippen MR) is 121 cm³/mol. The van der Waals surface area contributed by atoms with Crippen LogP contribution in [-0.2, 0) is 16.0 Å². The number of thiazole rings is 1. The number of anilines is 1. The summed E-state index contributed by atoms with van der Waals surface area (Å²) in [4.78, 5) is 29.0. The number of carbonyl (C=O) groups excluding carboxylic acids is 2. The minimum atomic E-state index is -0.794. The zero-order valence-electron chi connectivity index (χ0n) is 17.5. The van der Waals surface area contributed by atoms with Crippen molar-refractivity contribution < 1.29 is 19.1 Å². The number of aromatic nitrogens is 1. The lowest BCUT2D eigenvalue weighted by molar-refractivity contribution is -0.118. The van der Waals surface area contributed by atoms with E-state index in [9.17, 15) is 9.59 Å². The molecule has 0 aliphatic rings. The molecule has 1 atom stereocenters. The third kappa shape index (κ3) is 6.55. The summed E-state index contributed by atoms with van der Waals surface area (Å²) in [5.74, 6) is 0.450. The third-order valence-corrected chi connectivity index (χ3v) is 5.19. The molecule has 2 amide bonds. The standard InChI is InChI=1S/C23H25N3O4S/c1-3-13-30-18-11-9-17(10-12-18)20-15-31-22(24-20)26-21(27)19(25-23(28)29-2)14-16-7-5-4-6-8-16/h4-12,15,19H,3,13-14H2,1-2H3,(H,25,28)(H,24,26,27). The molecule has 1 aromatic heterocycles. The van der Waals surface area contributed by atoms with Gasteiger partial charge in [-0.05, 0) is 36.2 Å². The largest absolute Gasteiger partial charge is 0.494 e. The fourth-order valence-corrected chi connectivity index (χ4v) is 3.58. The van der Waals surface area contributed by atoms with Crippen molar-refractivity contribution in [1.29, 1.82) is 0 Å². The number of hydrogen-bond donors (Lipinski definition) is 2. The van der Waals surface area contributed by atoms with Gasteiger partial charge in [0, 0.05) is 17.4 Å². The Morgan fingerprint density at radius 3 is 2.52 bits per heavy atom. The number of amides is 2. The Bertz CT molecular complexity index is 990. The zero-order chi connectivity index (χ0) is 22.1. The highest BCUT2D eigenvalue weighted by atomic mass is 32.1. The highest BCUT2D eigenvalue weighted by Crippen LogP contribution is 2.26. The second kappa shape index (κ2) is 11.1. The van der Waals surface area contributed by atoms with Gasteiger partial charge in [0.05, 0.1) is 19.4 Å². The number of hydrogen-bond acceptors (Lipinski definition) is 6. The summed E-state index contributed by atoms with van der Waals surface area (Å²) in [5, 5.41) is 7.71. The molecule has 2 N–H and O–H groups in total. The van der Waals surface area contributed by atoms with Gasteiger partial charge in [0.2, 0.25) is 5.91 Å². The minimum absolute atomic E-state index is 0.333. The molecule has 1 heterocycles. The summed E-state index contributed by atoms with van der Waals surface area (Å²) < 4.78 is 10.3. The molecule has 0 aliphatic heterocycles. The maximum absolute atomic E-state index is 12.8. The second-order valence-electron chi connectivity index (χ2n) is 6.78. The summed E-state index contributed by atoms with van der Waals surface area (Å²) in [5.41, 5.74) is 2.60. The van der Waals surface area contributed by atoms with Crippen molar-refractivity contribution in [3.05, 3.63) is 65.5 Å². The molecule has 0 saturated heterocycles. The van der Waals surface area contributed by atoms with Crippen LogP contribution in [0.3, 0.4) is 0 Å². The van der Waals surface area contributed by atoms with Gasteiger partial charge in [-0.1, -0.05) is 37.3 Å². The van der Waals surface area contributed by atoms with E-state index in [0.29, 0.717) is 18.2 Å². The molecule has 3 aromatic rings. The van der Waals surface area contributed by atoms with Gasteiger partial charge in [-0.25, -0.2) is 9.78 Å². The van der Waals surface area contributed by atoms with Crippen LogP contribution < -0.4 is 15.4 Å². The highest BCUT2D eigenvalue weighted by Gasteiger charge is 2.22. The smallest absolute Gasteiger partial charge is 0.407 e. The molecule has 7 nitrogen and oxygen atoms in total. The molecule has 0 fully saturated rings. The number of alkyl carbamates (subject to hydrolysis) is 1. The molecule has 0 spiro atoms. The van der Waals surface area contributed by atoms with Crippen LogP contribution in [0.1, 0.15) is 18.9 Å². The topological polar surface area (TPSA) is 89.6 Å². The first-order valence-corrected chi connectivity index (χ1v) is 10.8. The summed E-state index contributed by atoms with van der Waals surface area (Å²) in [6.07, 6.45) is 0.618. The predicted octanol–water partition coefficient (Wildman–Crippen LogP) is 4.50. The van der Waals surface area contributed by atoms with Gasteiger partial charge < -0.3 is 20.1 Å². The van der Waals surface area contributed by atoms with Gasteiger partial charge >= 0.3 is 6.09 Å². The first-order valence-electron chi connectivity index (χ1n) is 9.97. The van der Waals surface area contributed by atoms with E-state index in [4.69, 9.17) is 4.74 Å². The molecule has 3 rings (SSSR count). The lowest BCUT2D eigenvalue weighted by Crippen LogP contribution is -2.45. The SMILES string of the molecule is CCCOc1ccc(-c2csc(NC(=O)C(Cc3ccccc3)NC(=O)OC)n2)cc1. The maximum Gasteiger partial charge on any atom is 0.407 e. The number of methoxy groups -OCH3 is 1. The van der Waals surface area contributed by atoms with E-state index < -0.39 is 12.1 Å². The molecule has 162 valence electrons. The molecule has 31 heavy (non-hydrogen) atoms. The van der Waals surface area contributed by atoms with E-state index in [0.717, 1.165) is 29.0 Å². The van der Waals surface area contributed by atoms with Gasteiger partial charge in [0.25, 0.3) is 0 Å². The first-order chi connectivity index (χ1) is 15.1. The van der Waals surface area contributed by atoms with Crippen LogP contribution in [-0.4, -0.2) is 36.7 Å². The molecule has 0 bridgehead atoms. The van der Waals surface area contributed by atoms with E-state index in [1.165, 1.54) is 18.4 Å². The molecule has 1 unspecified atom stereocenters. The number of nitrogens with one attached hydrogen (secondary N) is 2. The first kappa shape index (κ1) is 22.3. The van der Waals surface area contributed by atoms with Crippen LogP contribution in [0, 0.1) is 0 Å². The Labute approximate surface area is 185 Å². The Morgan fingerprint density at radius 1 is 1.10 bits per heavy atom. The van der Waals surface area contributed by atoms with Crippen LogP contribution in [0.25, 0.3) is 11.3 Å². The Hall–Kier alpha value is -3.39. The van der Waals surface area contributed by atoms with Crippen molar-refractivity contribution in [2.24, 2.45) is 0 Å². The monoisotopic (exact) mass is 439 g/mol. The van der Waals surface area contributed by atoms with Crippen molar-refractivity contribution in [3.8, 4) is 17.0 Å². The number of benzene rings is 2. The Morgan fingerprint density at radius 2 is 1.84 bits per heavy atom. The van der Waals surface area contributed by atoms with Crippen molar-refractivity contribution >= 4 is 28.5 Å². The van der Waals surface area contributed by atoms with Crippen LogP contribution in [0.4, 0.5) is 9.93 Å². The number of ether oxygens (including phenoxy) is 2. The Balaban J connectivity index is 1.67. The van der Waals surface area contributed by atoms with E-state index in [2.05, 4.69) is 27.3 Å². The lowest BCUT2D eigenvalue weighted by atomic mass is 10.1. The third-order valence-electron chi connectivity index (χ3n) is 4.43. The van der Waals surface area contributed by atoms with Gasteiger partial charge in [0.1, 0.15) is 11.8 Å². The number of nitrogens with zero attached hydrogens (tertiary/aromatic N) is 1. The van der Waals surface area contributed by atoms with Gasteiger partial charge in [-0.2, -0.15) is 0 Å².